The number of amides is 1. The minimum Gasteiger partial charge on any atom is -0.493 e. The van der Waals surface area contributed by atoms with Crippen molar-refractivity contribution in [3.63, 3.8) is 0 Å². The Bertz CT molecular complexity index is 1120. The first-order valence-electron chi connectivity index (χ1n) is 9.78. The van der Waals surface area contributed by atoms with Crippen molar-refractivity contribution in [2.45, 2.75) is 18.5 Å². The van der Waals surface area contributed by atoms with Gasteiger partial charge in [-0.3, -0.25) is 4.79 Å². The number of likely N-dealkylation sites (tertiary alicyclic amines) is 1. The van der Waals surface area contributed by atoms with Gasteiger partial charge in [-0.05, 0) is 29.8 Å². The summed E-state index contributed by atoms with van der Waals surface area (Å²) < 4.78 is 54.5. The molecule has 1 saturated heterocycles. The summed E-state index contributed by atoms with van der Waals surface area (Å²) in [6.45, 7) is 0.798. The number of hydrogen-bond donors (Lipinski definition) is 0. The monoisotopic (exact) mass is 447 g/mol. The van der Waals surface area contributed by atoms with E-state index in [2.05, 4.69) is 10.1 Å². The van der Waals surface area contributed by atoms with E-state index in [4.69, 9.17) is 14.0 Å². The summed E-state index contributed by atoms with van der Waals surface area (Å²) in [6, 6.07) is 10.1. The van der Waals surface area contributed by atoms with Gasteiger partial charge in [-0.1, -0.05) is 23.4 Å². The van der Waals surface area contributed by atoms with Crippen LogP contribution < -0.4 is 9.47 Å². The zero-order valence-corrected chi connectivity index (χ0v) is 17.3. The second-order valence-electron chi connectivity index (χ2n) is 7.40. The number of ether oxygens (including phenoxy) is 2. The van der Waals surface area contributed by atoms with Crippen LogP contribution in [0.25, 0.3) is 11.4 Å². The molecule has 1 aliphatic rings. The van der Waals surface area contributed by atoms with Crippen LogP contribution in [0.15, 0.2) is 47.0 Å². The molecule has 0 aliphatic carbocycles. The average molecular weight is 447 g/mol. The molecule has 0 radical (unpaired) electrons. The third kappa shape index (κ3) is 4.39. The molecule has 0 spiro atoms. The maximum Gasteiger partial charge on any atom is 0.416 e. The first-order valence-corrected chi connectivity index (χ1v) is 9.78. The smallest absolute Gasteiger partial charge is 0.416 e. The van der Waals surface area contributed by atoms with Gasteiger partial charge in [0.25, 0.3) is 0 Å². The van der Waals surface area contributed by atoms with E-state index in [9.17, 15) is 18.0 Å². The Labute approximate surface area is 181 Å². The van der Waals surface area contributed by atoms with Crippen molar-refractivity contribution in [3.05, 3.63) is 59.5 Å². The highest BCUT2D eigenvalue weighted by atomic mass is 19.4. The highest BCUT2D eigenvalue weighted by molar-refractivity contribution is 5.80. The number of hydrogen-bond acceptors (Lipinski definition) is 6. The second-order valence-corrected chi connectivity index (χ2v) is 7.40. The lowest BCUT2D eigenvalue weighted by atomic mass is 9.98. The predicted octanol–water partition coefficient (Wildman–Crippen LogP) is 3.94. The molecule has 168 valence electrons. The first kappa shape index (κ1) is 21.7. The molecule has 1 fully saturated rings. The lowest BCUT2D eigenvalue weighted by Gasteiger charge is -2.37. The average Bonchev–Trinajstić information content (AvgIpc) is 3.21. The molecule has 0 saturated carbocycles. The van der Waals surface area contributed by atoms with Gasteiger partial charge in [0, 0.05) is 18.7 Å². The largest absolute Gasteiger partial charge is 0.493 e. The second kappa shape index (κ2) is 8.52. The van der Waals surface area contributed by atoms with E-state index < -0.39 is 11.7 Å². The van der Waals surface area contributed by atoms with Gasteiger partial charge in [0.1, 0.15) is 0 Å². The van der Waals surface area contributed by atoms with Crippen molar-refractivity contribution in [2.75, 3.05) is 27.3 Å². The van der Waals surface area contributed by atoms with Gasteiger partial charge in [-0.15, -0.1) is 0 Å². The molecule has 1 aromatic heterocycles. The summed E-state index contributed by atoms with van der Waals surface area (Å²) >= 11 is 0. The molecule has 0 unspecified atom stereocenters. The van der Waals surface area contributed by atoms with Crippen LogP contribution in [0.3, 0.4) is 0 Å². The van der Waals surface area contributed by atoms with Crippen LogP contribution in [0, 0.1) is 0 Å². The van der Waals surface area contributed by atoms with Gasteiger partial charge in [0.2, 0.25) is 17.6 Å². The molecule has 1 aliphatic heterocycles. The third-order valence-corrected chi connectivity index (χ3v) is 5.28. The van der Waals surface area contributed by atoms with Gasteiger partial charge in [0.15, 0.2) is 11.5 Å². The fourth-order valence-electron chi connectivity index (χ4n) is 3.47. The normalized spacial score (nSPS) is 14.2. The Morgan fingerprint density at radius 1 is 1.12 bits per heavy atom. The van der Waals surface area contributed by atoms with E-state index in [1.54, 1.807) is 30.2 Å². The zero-order valence-electron chi connectivity index (χ0n) is 17.3. The first-order chi connectivity index (χ1) is 15.3. The number of carbonyl (C=O) groups is 1. The summed E-state index contributed by atoms with van der Waals surface area (Å²) in [5.74, 6) is 1.30. The summed E-state index contributed by atoms with van der Waals surface area (Å²) in [5, 5.41) is 3.80. The van der Waals surface area contributed by atoms with E-state index in [0.29, 0.717) is 30.5 Å². The molecule has 32 heavy (non-hydrogen) atoms. The lowest BCUT2D eigenvalue weighted by Crippen LogP contribution is -2.49. The van der Waals surface area contributed by atoms with Gasteiger partial charge in [0.05, 0.1) is 32.1 Å². The molecule has 2 aromatic carbocycles. The van der Waals surface area contributed by atoms with E-state index >= 15 is 0 Å². The van der Waals surface area contributed by atoms with Crippen molar-refractivity contribution in [1.29, 1.82) is 0 Å². The van der Waals surface area contributed by atoms with Crippen molar-refractivity contribution in [3.8, 4) is 22.9 Å². The topological polar surface area (TPSA) is 77.7 Å². The lowest BCUT2D eigenvalue weighted by molar-refractivity contribution is -0.137. The number of rotatable bonds is 6. The van der Waals surface area contributed by atoms with E-state index in [1.165, 1.54) is 19.2 Å². The number of halogens is 3. The minimum absolute atomic E-state index is 0.0638. The minimum atomic E-state index is -4.45. The van der Waals surface area contributed by atoms with Crippen LogP contribution >= 0.6 is 0 Å². The molecular weight excluding hydrogens is 427 g/mol. The number of alkyl halides is 3. The molecule has 0 atom stereocenters. The maximum absolute atomic E-state index is 12.9. The van der Waals surface area contributed by atoms with Gasteiger partial charge in [-0.25, -0.2) is 0 Å². The number of aromatic nitrogens is 2. The van der Waals surface area contributed by atoms with Gasteiger partial charge < -0.3 is 18.9 Å². The van der Waals surface area contributed by atoms with Crippen LogP contribution in [-0.2, 0) is 17.4 Å². The fraction of sp³-hybridized carbons (Fsp3) is 0.318. The van der Waals surface area contributed by atoms with Crippen molar-refractivity contribution >= 4 is 5.91 Å². The molecule has 0 bridgehead atoms. The van der Waals surface area contributed by atoms with Crippen LogP contribution in [0.4, 0.5) is 13.2 Å². The molecule has 0 N–H and O–H groups in total. The number of carbonyl (C=O) groups excluding carboxylic acids is 1. The quantitative estimate of drug-likeness (QED) is 0.570. The molecular formula is C22H20F3N3O4. The standard InChI is InChI=1S/C22H20F3N3O4/c1-30-17-7-6-13(8-18(17)31-2)9-19(29)28-11-15(12-28)21-26-20(27-32-21)14-4-3-5-16(10-14)22(23,24)25/h3-8,10,15H,9,11-12H2,1-2H3. The highest BCUT2D eigenvalue weighted by Gasteiger charge is 2.36. The Hall–Kier alpha value is -3.56. The van der Waals surface area contributed by atoms with Gasteiger partial charge in [-0.2, -0.15) is 18.2 Å². The van der Waals surface area contributed by atoms with E-state index in [1.807, 2.05) is 0 Å². The van der Waals surface area contributed by atoms with Crippen molar-refractivity contribution in [1.82, 2.24) is 15.0 Å². The van der Waals surface area contributed by atoms with Crippen LogP contribution in [0.5, 0.6) is 11.5 Å². The van der Waals surface area contributed by atoms with Crippen LogP contribution in [0.1, 0.15) is 22.9 Å². The molecule has 1 amide bonds. The highest BCUT2D eigenvalue weighted by Crippen LogP contribution is 2.33. The Morgan fingerprint density at radius 3 is 2.56 bits per heavy atom. The summed E-state index contributed by atoms with van der Waals surface area (Å²) in [5.41, 5.74) is 0.230. The van der Waals surface area contributed by atoms with E-state index in [-0.39, 0.29) is 29.6 Å². The SMILES string of the molecule is COc1ccc(CC(=O)N2CC(c3nc(-c4cccc(C(F)(F)F)c4)no3)C2)cc1OC. The van der Waals surface area contributed by atoms with Crippen molar-refractivity contribution < 1.29 is 32.0 Å². The van der Waals surface area contributed by atoms with Crippen LogP contribution in [-0.4, -0.2) is 48.3 Å². The summed E-state index contributed by atoms with van der Waals surface area (Å²) in [7, 11) is 3.07. The molecule has 4 rings (SSSR count). The van der Waals surface area contributed by atoms with Gasteiger partial charge >= 0.3 is 6.18 Å². The molecule has 10 heteroatoms. The Kier molecular flexibility index (Phi) is 5.77. The summed E-state index contributed by atoms with van der Waals surface area (Å²) in [4.78, 5) is 18.5. The Morgan fingerprint density at radius 2 is 1.88 bits per heavy atom. The third-order valence-electron chi connectivity index (χ3n) is 5.28. The molecule has 3 aromatic rings. The fourth-order valence-corrected chi connectivity index (χ4v) is 3.47. The van der Waals surface area contributed by atoms with E-state index in [0.717, 1.165) is 17.7 Å². The Balaban J connectivity index is 1.37. The summed E-state index contributed by atoms with van der Waals surface area (Å²) in [6.07, 6.45) is -4.25. The zero-order chi connectivity index (χ0) is 22.9. The van der Waals surface area contributed by atoms with Crippen molar-refractivity contribution in [2.24, 2.45) is 0 Å². The maximum atomic E-state index is 12.9. The number of methoxy groups -OCH3 is 2. The predicted molar refractivity (Wildman–Crippen MR) is 107 cm³/mol. The van der Waals surface area contributed by atoms with Crippen LogP contribution in [0.2, 0.25) is 0 Å². The number of nitrogens with zero attached hydrogens (tertiary/aromatic N) is 3. The number of benzene rings is 2. The molecule has 2 heterocycles. The molecule has 7 nitrogen and oxygen atoms in total.